The van der Waals surface area contributed by atoms with Gasteiger partial charge < -0.3 is 15.0 Å². The van der Waals surface area contributed by atoms with E-state index in [1.54, 1.807) is 6.92 Å². The van der Waals surface area contributed by atoms with Crippen molar-refractivity contribution < 1.29 is 14.3 Å². The van der Waals surface area contributed by atoms with Crippen molar-refractivity contribution in [1.29, 1.82) is 0 Å². The Morgan fingerprint density at radius 3 is 2.50 bits per heavy atom. The molecule has 5 heteroatoms. The fourth-order valence-corrected chi connectivity index (χ4v) is 0.593. The lowest BCUT2D eigenvalue weighted by Crippen LogP contribution is -2.37. The molecule has 12 heavy (non-hydrogen) atoms. The van der Waals surface area contributed by atoms with Gasteiger partial charge in [-0.15, -0.1) is 0 Å². The Labute approximate surface area is 71.7 Å². The van der Waals surface area contributed by atoms with Crippen LogP contribution in [0.2, 0.25) is 0 Å². The van der Waals surface area contributed by atoms with E-state index in [1.165, 1.54) is 19.0 Å². The van der Waals surface area contributed by atoms with Crippen LogP contribution in [0, 0.1) is 0 Å². The van der Waals surface area contributed by atoms with Crippen molar-refractivity contribution in [3.05, 3.63) is 0 Å². The topological polar surface area (TPSA) is 58.6 Å². The first kappa shape index (κ1) is 10.7. The number of nitrogens with zero attached hydrogens (tertiary/aromatic N) is 1. The van der Waals surface area contributed by atoms with Crippen molar-refractivity contribution in [2.75, 3.05) is 27.2 Å². The summed E-state index contributed by atoms with van der Waals surface area (Å²) in [6, 6.07) is 0. The third-order valence-corrected chi connectivity index (χ3v) is 1.24. The van der Waals surface area contributed by atoms with Crippen LogP contribution < -0.4 is 5.32 Å². The number of hydrogen-bond acceptors (Lipinski definition) is 3. The zero-order valence-electron chi connectivity index (χ0n) is 7.59. The number of nitrogens with one attached hydrogen (secondary N) is 1. The van der Waals surface area contributed by atoms with Gasteiger partial charge in [0, 0.05) is 14.1 Å². The molecule has 0 heterocycles. The summed E-state index contributed by atoms with van der Waals surface area (Å²) in [6.45, 7) is 2.05. The molecule has 5 nitrogen and oxygen atoms in total. The minimum atomic E-state index is -0.485. The molecule has 0 atom stereocenters. The molecule has 0 radical (unpaired) electrons. The Kier molecular flexibility index (Phi) is 4.83. The first-order valence-corrected chi connectivity index (χ1v) is 3.70. The molecule has 0 bridgehead atoms. The number of carbonyl (C=O) groups is 2. The summed E-state index contributed by atoms with van der Waals surface area (Å²) in [5, 5.41) is 2.40. The highest BCUT2D eigenvalue weighted by Crippen LogP contribution is 1.88. The van der Waals surface area contributed by atoms with Gasteiger partial charge in [-0.3, -0.25) is 4.79 Å². The summed E-state index contributed by atoms with van der Waals surface area (Å²) in [5.74, 6) is -0.217. The van der Waals surface area contributed by atoms with Crippen LogP contribution in [0.1, 0.15) is 6.92 Å². The number of hydrogen-bond donors (Lipinski definition) is 1. The summed E-state index contributed by atoms with van der Waals surface area (Å²) >= 11 is 0. The fraction of sp³-hybridized carbons (Fsp3) is 0.714. The third kappa shape index (κ3) is 3.80. The predicted octanol–water partition coefficient (Wildman–Crippen LogP) is -0.179. The Bertz CT molecular complexity index is 170. The summed E-state index contributed by atoms with van der Waals surface area (Å²) in [7, 11) is 3.02. The van der Waals surface area contributed by atoms with Gasteiger partial charge in [-0.25, -0.2) is 4.79 Å². The maximum absolute atomic E-state index is 10.9. The first-order valence-electron chi connectivity index (χ1n) is 3.70. The van der Waals surface area contributed by atoms with E-state index >= 15 is 0 Å². The summed E-state index contributed by atoms with van der Waals surface area (Å²) in [6.07, 6.45) is -0.485. The molecule has 2 amide bonds. The molecule has 0 aliphatic heterocycles. The second-order valence-corrected chi connectivity index (χ2v) is 2.23. The fourth-order valence-electron chi connectivity index (χ4n) is 0.593. The quantitative estimate of drug-likeness (QED) is 0.645. The molecule has 0 saturated heterocycles. The molecule has 0 aromatic heterocycles. The second-order valence-electron chi connectivity index (χ2n) is 2.23. The highest BCUT2D eigenvalue weighted by Gasteiger charge is 2.11. The SMILES string of the molecule is CCOC(=O)N(C)CC(=O)NC. The molecular formula is C7H14N2O3. The van der Waals surface area contributed by atoms with Crippen molar-refractivity contribution >= 4 is 12.0 Å². The van der Waals surface area contributed by atoms with Gasteiger partial charge in [0.1, 0.15) is 6.54 Å². The molecule has 1 N–H and O–H groups in total. The first-order chi connectivity index (χ1) is 5.61. The maximum Gasteiger partial charge on any atom is 0.409 e. The van der Waals surface area contributed by atoms with Crippen LogP contribution >= 0.6 is 0 Å². The number of ether oxygens (including phenoxy) is 1. The summed E-state index contributed by atoms with van der Waals surface area (Å²) in [4.78, 5) is 22.9. The van der Waals surface area contributed by atoms with Crippen molar-refractivity contribution in [2.24, 2.45) is 0 Å². The van der Waals surface area contributed by atoms with Crippen LogP contribution in [-0.4, -0.2) is 44.1 Å². The molecule has 0 rings (SSSR count). The minimum absolute atomic E-state index is 0.0231. The summed E-state index contributed by atoms with van der Waals surface area (Å²) < 4.78 is 4.66. The number of amides is 2. The van der Waals surface area contributed by atoms with Gasteiger partial charge in [0.25, 0.3) is 0 Å². The van der Waals surface area contributed by atoms with Crippen LogP contribution in [-0.2, 0) is 9.53 Å². The van der Waals surface area contributed by atoms with Crippen LogP contribution in [0.15, 0.2) is 0 Å². The van der Waals surface area contributed by atoms with Crippen LogP contribution in [0.25, 0.3) is 0 Å². The molecule has 0 fully saturated rings. The Balaban J connectivity index is 3.78. The standard InChI is InChI=1S/C7H14N2O3/c1-4-12-7(11)9(3)5-6(10)8-2/h4-5H2,1-3H3,(H,8,10). The molecule has 0 aliphatic rings. The normalized spacial score (nSPS) is 8.92. The van der Waals surface area contributed by atoms with E-state index in [1.807, 2.05) is 0 Å². The number of carbonyl (C=O) groups excluding carboxylic acids is 2. The maximum atomic E-state index is 10.9. The second kappa shape index (κ2) is 5.40. The van der Waals surface area contributed by atoms with Gasteiger partial charge in [-0.1, -0.05) is 0 Å². The largest absolute Gasteiger partial charge is 0.450 e. The van der Waals surface area contributed by atoms with Crippen LogP contribution in [0.4, 0.5) is 4.79 Å². The van der Waals surface area contributed by atoms with E-state index < -0.39 is 6.09 Å². The van der Waals surface area contributed by atoms with Gasteiger partial charge in [0.15, 0.2) is 0 Å². The predicted molar refractivity (Wildman–Crippen MR) is 43.7 cm³/mol. The van der Waals surface area contributed by atoms with Crippen molar-refractivity contribution in [2.45, 2.75) is 6.92 Å². The molecule has 0 saturated carbocycles. The third-order valence-electron chi connectivity index (χ3n) is 1.24. The Morgan fingerprint density at radius 2 is 2.08 bits per heavy atom. The molecule has 0 spiro atoms. The van der Waals surface area contributed by atoms with E-state index in [-0.39, 0.29) is 12.5 Å². The van der Waals surface area contributed by atoms with Crippen molar-refractivity contribution in [3.8, 4) is 0 Å². The molecule has 0 aliphatic carbocycles. The number of rotatable bonds is 3. The van der Waals surface area contributed by atoms with Gasteiger partial charge in [-0.05, 0) is 6.92 Å². The zero-order chi connectivity index (χ0) is 9.56. The molecule has 0 aromatic rings. The molecule has 0 aromatic carbocycles. The molecule has 0 unspecified atom stereocenters. The highest BCUT2D eigenvalue weighted by molar-refractivity contribution is 5.81. The van der Waals surface area contributed by atoms with E-state index in [0.29, 0.717) is 6.61 Å². The zero-order valence-corrected chi connectivity index (χ0v) is 7.59. The van der Waals surface area contributed by atoms with Crippen molar-refractivity contribution in [1.82, 2.24) is 10.2 Å². The smallest absolute Gasteiger partial charge is 0.409 e. The lowest BCUT2D eigenvalue weighted by molar-refractivity contribution is -0.121. The van der Waals surface area contributed by atoms with Crippen molar-refractivity contribution in [3.63, 3.8) is 0 Å². The van der Waals surface area contributed by atoms with Gasteiger partial charge >= 0.3 is 6.09 Å². The lowest BCUT2D eigenvalue weighted by atomic mass is 10.5. The van der Waals surface area contributed by atoms with E-state index in [2.05, 4.69) is 10.1 Å². The molecule has 70 valence electrons. The van der Waals surface area contributed by atoms with E-state index in [4.69, 9.17) is 0 Å². The Hall–Kier alpha value is -1.26. The van der Waals surface area contributed by atoms with Crippen LogP contribution in [0.5, 0.6) is 0 Å². The average molecular weight is 174 g/mol. The minimum Gasteiger partial charge on any atom is -0.450 e. The van der Waals surface area contributed by atoms with E-state index in [9.17, 15) is 9.59 Å². The Morgan fingerprint density at radius 1 is 1.50 bits per heavy atom. The van der Waals surface area contributed by atoms with Gasteiger partial charge in [-0.2, -0.15) is 0 Å². The summed E-state index contributed by atoms with van der Waals surface area (Å²) in [5.41, 5.74) is 0. The van der Waals surface area contributed by atoms with Gasteiger partial charge in [0.05, 0.1) is 6.61 Å². The monoisotopic (exact) mass is 174 g/mol. The molecular weight excluding hydrogens is 160 g/mol. The number of likely N-dealkylation sites (N-methyl/N-ethyl adjacent to an activating group) is 2. The van der Waals surface area contributed by atoms with Crippen LogP contribution in [0.3, 0.4) is 0 Å². The van der Waals surface area contributed by atoms with E-state index in [0.717, 1.165) is 0 Å². The lowest BCUT2D eigenvalue weighted by Gasteiger charge is -2.14. The highest BCUT2D eigenvalue weighted by atomic mass is 16.6. The van der Waals surface area contributed by atoms with Gasteiger partial charge in [0.2, 0.25) is 5.91 Å². The average Bonchev–Trinajstić information content (AvgIpc) is 2.04.